The summed E-state index contributed by atoms with van der Waals surface area (Å²) in [5.41, 5.74) is 2.16. The van der Waals surface area contributed by atoms with Gasteiger partial charge in [0.25, 0.3) is 5.89 Å². The quantitative estimate of drug-likeness (QED) is 0.355. The van der Waals surface area contributed by atoms with E-state index in [0.717, 1.165) is 5.56 Å². The number of carbonyl (C=O) groups excluding carboxylic acids is 1. The third-order valence-electron chi connectivity index (χ3n) is 5.53. The molecule has 0 atom stereocenters. The van der Waals surface area contributed by atoms with Crippen molar-refractivity contribution in [1.82, 2.24) is 19.7 Å². The van der Waals surface area contributed by atoms with Crippen LogP contribution < -0.4 is 10.7 Å². The molecule has 5 rings (SSSR count). The maximum Gasteiger partial charge on any atom is 0.263 e. The number of anilines is 1. The van der Waals surface area contributed by atoms with Gasteiger partial charge in [0.15, 0.2) is 0 Å². The summed E-state index contributed by atoms with van der Waals surface area (Å²) in [5, 5.41) is 7.38. The highest BCUT2D eigenvalue weighted by molar-refractivity contribution is 6.30. The molecule has 0 aliphatic rings. The lowest BCUT2D eigenvalue weighted by Crippen LogP contribution is -2.22. The Morgan fingerprint density at radius 2 is 1.86 bits per heavy atom. The van der Waals surface area contributed by atoms with Crippen LogP contribution in [0.1, 0.15) is 11.3 Å². The van der Waals surface area contributed by atoms with E-state index in [9.17, 15) is 14.0 Å². The molecule has 8 nitrogen and oxygen atoms in total. The molecule has 0 radical (unpaired) electrons. The van der Waals surface area contributed by atoms with Crippen molar-refractivity contribution < 1.29 is 13.7 Å². The van der Waals surface area contributed by atoms with E-state index in [1.807, 2.05) is 0 Å². The number of aryl methyl sites for hydroxylation is 2. The summed E-state index contributed by atoms with van der Waals surface area (Å²) in [5.74, 6) is -0.763. The number of benzene rings is 2. The molecule has 2 aromatic carbocycles. The third-order valence-corrected chi connectivity index (χ3v) is 5.78. The first-order chi connectivity index (χ1) is 17.3. The molecular weight excluding hydrogens is 485 g/mol. The molecule has 1 N–H and O–H groups in total. The lowest BCUT2D eigenvalue weighted by molar-refractivity contribution is -0.116. The molecule has 0 aliphatic heterocycles. The smallest absolute Gasteiger partial charge is 0.263 e. The Morgan fingerprint density at radius 1 is 1.08 bits per heavy atom. The van der Waals surface area contributed by atoms with Crippen molar-refractivity contribution in [2.24, 2.45) is 0 Å². The summed E-state index contributed by atoms with van der Waals surface area (Å²) in [6, 6.07) is 14.7. The van der Waals surface area contributed by atoms with Crippen LogP contribution in [0.5, 0.6) is 0 Å². The van der Waals surface area contributed by atoms with Gasteiger partial charge in [-0.1, -0.05) is 22.8 Å². The first kappa shape index (κ1) is 23.4. The van der Waals surface area contributed by atoms with Crippen LogP contribution >= 0.6 is 11.6 Å². The predicted octanol–water partition coefficient (Wildman–Crippen LogP) is 5.16. The number of amides is 1. The Hall–Kier alpha value is -4.37. The van der Waals surface area contributed by atoms with Gasteiger partial charge in [-0.15, -0.1) is 0 Å². The van der Waals surface area contributed by atoms with Gasteiger partial charge in [-0.2, -0.15) is 4.98 Å². The van der Waals surface area contributed by atoms with Crippen molar-refractivity contribution in [3.05, 3.63) is 93.1 Å². The van der Waals surface area contributed by atoms with Crippen molar-refractivity contribution in [3.63, 3.8) is 0 Å². The lowest BCUT2D eigenvalue weighted by Gasteiger charge is -2.13. The normalized spacial score (nSPS) is 11.1. The highest BCUT2D eigenvalue weighted by Gasteiger charge is 2.19. The van der Waals surface area contributed by atoms with Gasteiger partial charge in [0, 0.05) is 22.5 Å². The van der Waals surface area contributed by atoms with Gasteiger partial charge in [0.1, 0.15) is 23.6 Å². The molecule has 0 saturated heterocycles. The first-order valence-corrected chi connectivity index (χ1v) is 11.3. The Kier molecular flexibility index (Phi) is 6.07. The topological polar surface area (TPSA) is 103 Å². The summed E-state index contributed by atoms with van der Waals surface area (Å²) >= 11 is 5.95. The molecule has 1 amide bonds. The summed E-state index contributed by atoms with van der Waals surface area (Å²) in [7, 11) is 0. The van der Waals surface area contributed by atoms with Crippen molar-refractivity contribution >= 4 is 34.2 Å². The molecule has 0 unspecified atom stereocenters. The maximum absolute atomic E-state index is 14.2. The summed E-state index contributed by atoms with van der Waals surface area (Å²) < 4.78 is 21.1. The van der Waals surface area contributed by atoms with Crippen LogP contribution in [-0.2, 0) is 11.3 Å². The molecule has 36 heavy (non-hydrogen) atoms. The fourth-order valence-electron chi connectivity index (χ4n) is 3.75. The molecule has 0 saturated carbocycles. The molecule has 0 bridgehead atoms. The van der Waals surface area contributed by atoms with Crippen LogP contribution in [-0.4, -0.2) is 25.6 Å². The van der Waals surface area contributed by atoms with Gasteiger partial charge in [0.2, 0.25) is 17.2 Å². The Morgan fingerprint density at radius 3 is 2.61 bits per heavy atom. The highest BCUT2D eigenvalue weighted by Crippen LogP contribution is 2.24. The van der Waals surface area contributed by atoms with Crippen molar-refractivity contribution in [2.45, 2.75) is 20.4 Å². The average Bonchev–Trinajstić information content (AvgIpc) is 3.33. The van der Waals surface area contributed by atoms with Crippen LogP contribution in [0.2, 0.25) is 5.02 Å². The molecular formula is C26H19ClFN5O3. The molecule has 0 spiro atoms. The number of hydrogen-bond acceptors (Lipinski definition) is 6. The monoisotopic (exact) mass is 503 g/mol. The molecule has 0 aliphatic carbocycles. The second kappa shape index (κ2) is 9.35. The van der Waals surface area contributed by atoms with Crippen LogP contribution in [0.3, 0.4) is 0 Å². The molecule has 10 heteroatoms. The van der Waals surface area contributed by atoms with Crippen molar-refractivity contribution in [2.75, 3.05) is 5.32 Å². The predicted molar refractivity (Wildman–Crippen MR) is 134 cm³/mol. The highest BCUT2D eigenvalue weighted by atomic mass is 35.5. The number of hydrogen-bond donors (Lipinski definition) is 1. The zero-order chi connectivity index (χ0) is 25.4. The first-order valence-electron chi connectivity index (χ1n) is 11.0. The van der Waals surface area contributed by atoms with Gasteiger partial charge in [0.05, 0.1) is 11.1 Å². The summed E-state index contributed by atoms with van der Waals surface area (Å²) in [6.07, 6.45) is 1.45. The zero-order valence-corrected chi connectivity index (χ0v) is 20.0. The number of nitrogens with one attached hydrogen (secondary N) is 1. The van der Waals surface area contributed by atoms with E-state index in [2.05, 4.69) is 20.4 Å². The largest absolute Gasteiger partial charge is 0.333 e. The maximum atomic E-state index is 14.2. The number of aromatic nitrogens is 4. The fourth-order valence-corrected chi connectivity index (χ4v) is 3.87. The van der Waals surface area contributed by atoms with Crippen molar-refractivity contribution in [1.29, 1.82) is 0 Å². The Labute approximate surface area is 209 Å². The van der Waals surface area contributed by atoms with Gasteiger partial charge < -0.3 is 14.4 Å². The number of carbonyl (C=O) groups is 1. The number of fused-ring (bicyclic) bond motifs is 1. The van der Waals surface area contributed by atoms with E-state index >= 15 is 0 Å². The summed E-state index contributed by atoms with van der Waals surface area (Å²) in [4.78, 5) is 34.9. The number of pyridine rings is 2. The van der Waals surface area contributed by atoms with Gasteiger partial charge in [-0.3, -0.25) is 9.59 Å². The fraction of sp³-hybridized carbons (Fsp3) is 0.115. The number of nitrogens with zero attached hydrogens (tertiary/aromatic N) is 4. The average molecular weight is 504 g/mol. The minimum absolute atomic E-state index is 0.00818. The number of halogens is 2. The molecule has 3 aromatic heterocycles. The second-order valence-corrected chi connectivity index (χ2v) is 8.72. The third kappa shape index (κ3) is 4.60. The van der Waals surface area contributed by atoms with Gasteiger partial charge in [-0.25, -0.2) is 9.37 Å². The van der Waals surface area contributed by atoms with E-state index in [0.29, 0.717) is 21.9 Å². The van der Waals surface area contributed by atoms with Gasteiger partial charge >= 0.3 is 0 Å². The number of rotatable bonds is 5. The van der Waals surface area contributed by atoms with Crippen LogP contribution in [0.4, 0.5) is 10.1 Å². The summed E-state index contributed by atoms with van der Waals surface area (Å²) in [6.45, 7) is 3.30. The Balaban J connectivity index is 1.54. The van der Waals surface area contributed by atoms with E-state index < -0.39 is 11.7 Å². The minimum atomic E-state index is -0.539. The van der Waals surface area contributed by atoms with E-state index in [1.165, 1.54) is 22.9 Å². The Bertz CT molecular complexity index is 1680. The van der Waals surface area contributed by atoms with E-state index in [1.54, 1.807) is 56.3 Å². The standard InChI is InChI=1S/C26H19ClFN5O3/c1-14-3-10-21(20(28)11-14)30-22(34)13-33-12-19(23(35)18-9-4-15(2)29-25(18)33)26-31-24(32-36-26)16-5-7-17(27)8-6-16/h3-12H,13H2,1-2H3,(H,30,34). The van der Waals surface area contributed by atoms with Crippen LogP contribution in [0, 0.1) is 19.7 Å². The minimum Gasteiger partial charge on any atom is -0.333 e. The molecule has 3 heterocycles. The molecule has 180 valence electrons. The SMILES string of the molecule is Cc1ccc(NC(=O)Cn2cc(-c3nc(-c4ccc(Cl)cc4)no3)c(=O)c3ccc(C)nc32)c(F)c1. The van der Waals surface area contributed by atoms with Gasteiger partial charge in [-0.05, 0) is 67.9 Å². The van der Waals surface area contributed by atoms with Crippen LogP contribution in [0.15, 0.2) is 70.1 Å². The molecule has 0 fully saturated rings. The second-order valence-electron chi connectivity index (χ2n) is 8.29. The van der Waals surface area contributed by atoms with E-state index in [4.69, 9.17) is 16.1 Å². The zero-order valence-electron chi connectivity index (χ0n) is 19.3. The van der Waals surface area contributed by atoms with E-state index in [-0.39, 0.29) is 40.3 Å². The van der Waals surface area contributed by atoms with Crippen molar-refractivity contribution in [3.8, 4) is 22.8 Å². The van der Waals surface area contributed by atoms with Crippen LogP contribution in [0.25, 0.3) is 33.9 Å². The molecule has 5 aromatic rings. The lowest BCUT2D eigenvalue weighted by atomic mass is 10.1.